The third-order valence-electron chi connectivity index (χ3n) is 8.31. The third-order valence-corrected chi connectivity index (χ3v) is 8.31. The molecule has 0 radical (unpaired) electrons. The lowest BCUT2D eigenvalue weighted by Gasteiger charge is -2.60. The Morgan fingerprint density at radius 1 is 0.952 bits per heavy atom. The van der Waals surface area contributed by atoms with Crippen molar-refractivity contribution in [3.05, 3.63) is 0 Å². The summed E-state index contributed by atoms with van der Waals surface area (Å²) < 4.78 is 0. The van der Waals surface area contributed by atoms with Crippen LogP contribution in [0.2, 0.25) is 0 Å². The maximum atomic E-state index is 9.54. The lowest BCUT2D eigenvalue weighted by molar-refractivity contribution is -0.0897. The van der Waals surface area contributed by atoms with E-state index in [0.29, 0.717) is 16.7 Å². The standard InChI is InChI=1S/C19H30N2/c1-18-10-8-16-14(15(18)6-4-13(18)12-20)5-7-17-19(16,2)9-3-11-21-17/h13-17,21H,3-11H2,1-2H3/t13?,14-,15-,16+,17?,18+,19+/m0/s1. The van der Waals surface area contributed by atoms with Gasteiger partial charge in [-0.3, -0.25) is 0 Å². The van der Waals surface area contributed by atoms with Gasteiger partial charge < -0.3 is 5.32 Å². The molecule has 0 aromatic rings. The van der Waals surface area contributed by atoms with Crippen molar-refractivity contribution in [2.45, 2.75) is 71.3 Å². The van der Waals surface area contributed by atoms with Gasteiger partial charge >= 0.3 is 0 Å². The van der Waals surface area contributed by atoms with Crippen LogP contribution in [0, 0.1) is 45.8 Å². The highest BCUT2D eigenvalue weighted by atomic mass is 15.0. The number of nitrogens with one attached hydrogen (secondary N) is 1. The summed E-state index contributed by atoms with van der Waals surface area (Å²) in [6, 6.07) is 3.42. The van der Waals surface area contributed by atoms with Crippen LogP contribution in [0.25, 0.3) is 0 Å². The second-order valence-corrected chi connectivity index (χ2v) is 8.87. The average Bonchev–Trinajstić information content (AvgIpc) is 2.83. The van der Waals surface area contributed by atoms with E-state index in [1.165, 1.54) is 57.9 Å². The summed E-state index contributed by atoms with van der Waals surface area (Å²) in [4.78, 5) is 0. The minimum absolute atomic E-state index is 0.332. The Kier molecular flexibility index (Phi) is 3.16. The van der Waals surface area contributed by atoms with Gasteiger partial charge in [0.2, 0.25) is 0 Å². The molecular weight excluding hydrogens is 256 g/mol. The molecule has 0 amide bonds. The lowest BCUT2D eigenvalue weighted by Crippen LogP contribution is -2.59. The van der Waals surface area contributed by atoms with E-state index < -0.39 is 0 Å². The van der Waals surface area contributed by atoms with E-state index >= 15 is 0 Å². The molecule has 21 heavy (non-hydrogen) atoms. The fourth-order valence-corrected chi connectivity index (χ4v) is 7.11. The minimum atomic E-state index is 0.332. The molecule has 0 spiro atoms. The van der Waals surface area contributed by atoms with Crippen LogP contribution in [0.4, 0.5) is 0 Å². The van der Waals surface area contributed by atoms with Crippen LogP contribution in [0.3, 0.4) is 0 Å². The van der Waals surface area contributed by atoms with E-state index in [2.05, 4.69) is 25.2 Å². The molecule has 1 N–H and O–H groups in total. The average molecular weight is 286 g/mol. The molecular formula is C19H30N2. The molecule has 0 aromatic carbocycles. The van der Waals surface area contributed by atoms with Gasteiger partial charge in [0.05, 0.1) is 12.0 Å². The number of nitriles is 1. The fourth-order valence-electron chi connectivity index (χ4n) is 7.11. The number of piperidine rings is 1. The predicted molar refractivity (Wildman–Crippen MR) is 84.5 cm³/mol. The van der Waals surface area contributed by atoms with Crippen molar-refractivity contribution >= 4 is 0 Å². The molecule has 4 rings (SSSR count). The summed E-state index contributed by atoms with van der Waals surface area (Å²) in [6.07, 6.45) is 10.8. The number of fused-ring (bicyclic) bond motifs is 5. The van der Waals surface area contributed by atoms with Crippen LogP contribution in [-0.4, -0.2) is 12.6 Å². The number of hydrogen-bond donors (Lipinski definition) is 1. The minimum Gasteiger partial charge on any atom is -0.313 e. The first-order valence-electron chi connectivity index (χ1n) is 9.22. The van der Waals surface area contributed by atoms with Gasteiger partial charge in [-0.05, 0) is 86.5 Å². The second-order valence-electron chi connectivity index (χ2n) is 8.87. The molecule has 3 saturated carbocycles. The van der Waals surface area contributed by atoms with Gasteiger partial charge in [0, 0.05) is 6.04 Å². The van der Waals surface area contributed by atoms with Crippen LogP contribution in [0.1, 0.15) is 65.2 Å². The maximum absolute atomic E-state index is 9.54. The highest BCUT2D eigenvalue weighted by Gasteiger charge is 2.59. The molecule has 2 heteroatoms. The molecule has 2 nitrogen and oxygen atoms in total. The molecule has 1 heterocycles. The van der Waals surface area contributed by atoms with Crippen LogP contribution in [0.15, 0.2) is 0 Å². The van der Waals surface area contributed by atoms with Crippen molar-refractivity contribution < 1.29 is 0 Å². The smallest absolute Gasteiger partial charge is 0.0661 e. The van der Waals surface area contributed by atoms with Crippen LogP contribution in [-0.2, 0) is 0 Å². The molecule has 1 aliphatic heterocycles. The number of rotatable bonds is 0. The first-order valence-corrected chi connectivity index (χ1v) is 9.22. The van der Waals surface area contributed by atoms with Gasteiger partial charge in [0.15, 0.2) is 0 Å². The van der Waals surface area contributed by atoms with Crippen molar-refractivity contribution in [3.8, 4) is 6.07 Å². The van der Waals surface area contributed by atoms with E-state index in [1.807, 2.05) is 0 Å². The van der Waals surface area contributed by atoms with Crippen LogP contribution in [0.5, 0.6) is 0 Å². The molecule has 0 aromatic heterocycles. The van der Waals surface area contributed by atoms with Gasteiger partial charge in [0.25, 0.3) is 0 Å². The monoisotopic (exact) mass is 286 g/mol. The molecule has 3 aliphatic carbocycles. The topological polar surface area (TPSA) is 35.8 Å². The van der Waals surface area contributed by atoms with E-state index in [9.17, 15) is 5.26 Å². The first kappa shape index (κ1) is 14.1. The molecule has 116 valence electrons. The Bertz CT molecular complexity index is 467. The quantitative estimate of drug-likeness (QED) is 0.727. The van der Waals surface area contributed by atoms with Gasteiger partial charge in [-0.15, -0.1) is 0 Å². The van der Waals surface area contributed by atoms with Gasteiger partial charge in [-0.2, -0.15) is 5.26 Å². The SMILES string of the molecule is C[C@]12CCCNC1CC[C@@H]1[C@H]2CC[C@]2(C)C(C#N)CC[C@@H]12. The Hall–Kier alpha value is -0.550. The summed E-state index contributed by atoms with van der Waals surface area (Å²) in [7, 11) is 0. The summed E-state index contributed by atoms with van der Waals surface area (Å²) >= 11 is 0. The summed E-state index contributed by atoms with van der Waals surface area (Å²) in [6.45, 7) is 6.26. The highest BCUT2D eigenvalue weighted by molar-refractivity contribution is 5.13. The molecule has 1 saturated heterocycles. The molecule has 2 unspecified atom stereocenters. The maximum Gasteiger partial charge on any atom is 0.0661 e. The van der Waals surface area contributed by atoms with Gasteiger partial charge in [-0.25, -0.2) is 0 Å². The molecule has 4 fully saturated rings. The van der Waals surface area contributed by atoms with Crippen molar-refractivity contribution in [2.24, 2.45) is 34.5 Å². The normalized spacial score (nSPS) is 56.0. The molecule has 4 aliphatic rings. The Balaban J connectivity index is 1.64. The van der Waals surface area contributed by atoms with E-state index in [1.54, 1.807) is 0 Å². The highest BCUT2D eigenvalue weighted by Crippen LogP contribution is 2.65. The summed E-state index contributed by atoms with van der Waals surface area (Å²) in [5.74, 6) is 2.99. The zero-order valence-corrected chi connectivity index (χ0v) is 13.7. The van der Waals surface area contributed by atoms with Crippen LogP contribution >= 0.6 is 0 Å². The van der Waals surface area contributed by atoms with Gasteiger partial charge in [0.1, 0.15) is 0 Å². The van der Waals surface area contributed by atoms with E-state index in [0.717, 1.165) is 23.8 Å². The third kappa shape index (κ3) is 1.79. The zero-order valence-electron chi connectivity index (χ0n) is 13.7. The zero-order chi connectivity index (χ0) is 14.7. The van der Waals surface area contributed by atoms with E-state index in [-0.39, 0.29) is 0 Å². The number of nitrogens with zero attached hydrogens (tertiary/aromatic N) is 1. The second kappa shape index (κ2) is 4.72. The fraction of sp³-hybridized carbons (Fsp3) is 0.947. The Labute approximate surface area is 129 Å². The number of hydrogen-bond acceptors (Lipinski definition) is 2. The summed E-state index contributed by atoms with van der Waals surface area (Å²) in [5, 5.41) is 13.4. The van der Waals surface area contributed by atoms with Crippen molar-refractivity contribution in [2.75, 3.05) is 6.54 Å². The largest absolute Gasteiger partial charge is 0.313 e. The Morgan fingerprint density at radius 2 is 1.76 bits per heavy atom. The predicted octanol–water partition coefficient (Wildman–Crippen LogP) is 4.12. The van der Waals surface area contributed by atoms with Crippen molar-refractivity contribution in [3.63, 3.8) is 0 Å². The van der Waals surface area contributed by atoms with Crippen molar-refractivity contribution in [1.82, 2.24) is 5.32 Å². The first-order chi connectivity index (χ1) is 10.1. The van der Waals surface area contributed by atoms with Crippen LogP contribution < -0.4 is 5.32 Å². The van der Waals surface area contributed by atoms with Crippen molar-refractivity contribution in [1.29, 1.82) is 5.26 Å². The Morgan fingerprint density at radius 3 is 2.57 bits per heavy atom. The summed E-state index contributed by atoms with van der Waals surface area (Å²) in [5.41, 5.74) is 0.869. The molecule has 7 atom stereocenters. The molecule has 0 bridgehead atoms. The van der Waals surface area contributed by atoms with Gasteiger partial charge in [-0.1, -0.05) is 13.8 Å². The lowest BCUT2D eigenvalue weighted by atomic mass is 9.47. The van der Waals surface area contributed by atoms with E-state index in [4.69, 9.17) is 0 Å².